The lowest BCUT2D eigenvalue weighted by molar-refractivity contribution is 0.102. The molecule has 0 saturated heterocycles. The van der Waals surface area contributed by atoms with Gasteiger partial charge in [-0.25, -0.2) is 0 Å². The number of nitrogens with zero attached hydrogens (tertiary/aromatic N) is 1. The molecule has 0 aromatic heterocycles. The third-order valence-corrected chi connectivity index (χ3v) is 4.02. The topological polar surface area (TPSA) is 32.3 Å². The summed E-state index contributed by atoms with van der Waals surface area (Å²) in [5.74, 6) is -0.174. The molecule has 2 aromatic carbocycles. The largest absolute Gasteiger partial charge is 0.377 e. The van der Waals surface area contributed by atoms with Gasteiger partial charge < -0.3 is 10.2 Å². The van der Waals surface area contributed by atoms with Crippen molar-refractivity contribution in [1.82, 2.24) is 0 Å². The van der Waals surface area contributed by atoms with Gasteiger partial charge in [0.2, 0.25) is 0 Å². The van der Waals surface area contributed by atoms with E-state index in [0.717, 1.165) is 16.9 Å². The molecule has 2 rings (SSSR count). The fourth-order valence-corrected chi connectivity index (χ4v) is 2.90. The Labute approximate surface area is 138 Å². The van der Waals surface area contributed by atoms with Crippen molar-refractivity contribution in [3.63, 3.8) is 0 Å². The molecule has 0 aliphatic rings. The highest BCUT2D eigenvalue weighted by Crippen LogP contribution is 2.25. The first-order valence-electron chi connectivity index (χ1n) is 6.43. The number of carbonyl (C=O) groups is 1. The van der Waals surface area contributed by atoms with Crippen molar-refractivity contribution >= 4 is 44.8 Å². The summed E-state index contributed by atoms with van der Waals surface area (Å²) in [4.78, 5) is 14.3. The molecule has 0 bridgehead atoms. The maximum absolute atomic E-state index is 12.3. The molecule has 0 fully saturated rings. The summed E-state index contributed by atoms with van der Waals surface area (Å²) in [7, 11) is 3.95. The zero-order chi connectivity index (χ0) is 15.6. The van der Waals surface area contributed by atoms with Gasteiger partial charge in [0.15, 0.2) is 0 Å². The lowest BCUT2D eigenvalue weighted by Gasteiger charge is -2.17. The SMILES string of the molecule is Cc1ccc(NC(=O)c2ccc(Cl)cc2Br)cc1N(C)C. The van der Waals surface area contributed by atoms with Crippen LogP contribution in [0.3, 0.4) is 0 Å². The highest BCUT2D eigenvalue weighted by molar-refractivity contribution is 9.10. The maximum atomic E-state index is 12.3. The summed E-state index contributed by atoms with van der Waals surface area (Å²) in [6.45, 7) is 2.04. The first-order valence-corrected chi connectivity index (χ1v) is 7.60. The molecule has 0 aliphatic heterocycles. The number of hydrogen-bond acceptors (Lipinski definition) is 2. The number of amides is 1. The molecular formula is C16H16BrClN2O. The predicted octanol–water partition coefficient (Wildman–Crippen LogP) is 4.73. The fraction of sp³-hybridized carbons (Fsp3) is 0.188. The van der Waals surface area contributed by atoms with Gasteiger partial charge in [-0.2, -0.15) is 0 Å². The van der Waals surface area contributed by atoms with Crippen molar-refractivity contribution in [3.05, 3.63) is 57.0 Å². The molecule has 2 aromatic rings. The average molecular weight is 368 g/mol. The molecule has 5 heteroatoms. The van der Waals surface area contributed by atoms with Crippen LogP contribution in [0, 0.1) is 6.92 Å². The number of carbonyl (C=O) groups excluding carboxylic acids is 1. The third-order valence-electron chi connectivity index (χ3n) is 3.12. The van der Waals surface area contributed by atoms with Crippen LogP contribution < -0.4 is 10.2 Å². The standard InChI is InChI=1S/C16H16BrClN2O/c1-10-4-6-12(9-15(10)20(2)3)19-16(21)13-7-5-11(18)8-14(13)17/h4-9H,1-3H3,(H,19,21). The second-order valence-electron chi connectivity index (χ2n) is 4.97. The summed E-state index contributed by atoms with van der Waals surface area (Å²) in [6.07, 6.45) is 0. The average Bonchev–Trinajstić information content (AvgIpc) is 2.40. The molecule has 1 N–H and O–H groups in total. The van der Waals surface area contributed by atoms with Crippen LogP contribution in [0.4, 0.5) is 11.4 Å². The van der Waals surface area contributed by atoms with E-state index in [-0.39, 0.29) is 5.91 Å². The van der Waals surface area contributed by atoms with Crippen molar-refractivity contribution in [2.45, 2.75) is 6.92 Å². The summed E-state index contributed by atoms with van der Waals surface area (Å²) >= 11 is 9.24. The minimum Gasteiger partial charge on any atom is -0.377 e. The summed E-state index contributed by atoms with van der Waals surface area (Å²) in [5.41, 5.74) is 3.54. The highest BCUT2D eigenvalue weighted by atomic mass is 79.9. The molecule has 3 nitrogen and oxygen atoms in total. The van der Waals surface area contributed by atoms with Gasteiger partial charge in [-0.1, -0.05) is 17.7 Å². The van der Waals surface area contributed by atoms with Gasteiger partial charge >= 0.3 is 0 Å². The Morgan fingerprint density at radius 1 is 1.19 bits per heavy atom. The third kappa shape index (κ3) is 3.77. The molecule has 0 unspecified atom stereocenters. The number of hydrogen-bond donors (Lipinski definition) is 1. The Kier molecular flexibility index (Phi) is 4.91. The van der Waals surface area contributed by atoms with E-state index in [1.165, 1.54) is 0 Å². The summed E-state index contributed by atoms with van der Waals surface area (Å²) < 4.78 is 0.674. The zero-order valence-corrected chi connectivity index (χ0v) is 14.4. The van der Waals surface area contributed by atoms with Gasteiger partial charge in [-0.05, 0) is 58.7 Å². The fourth-order valence-electron chi connectivity index (χ4n) is 2.04. The smallest absolute Gasteiger partial charge is 0.256 e. The lowest BCUT2D eigenvalue weighted by atomic mass is 10.1. The number of halogens is 2. The predicted molar refractivity (Wildman–Crippen MR) is 92.6 cm³/mol. The Morgan fingerprint density at radius 3 is 2.52 bits per heavy atom. The van der Waals surface area contributed by atoms with E-state index in [0.29, 0.717) is 15.1 Å². The molecule has 0 spiro atoms. The van der Waals surface area contributed by atoms with Gasteiger partial charge in [0.05, 0.1) is 5.56 Å². The van der Waals surface area contributed by atoms with Crippen molar-refractivity contribution in [2.24, 2.45) is 0 Å². The van der Waals surface area contributed by atoms with Crippen LogP contribution in [0.25, 0.3) is 0 Å². The van der Waals surface area contributed by atoms with E-state index in [9.17, 15) is 4.79 Å². The number of nitrogens with one attached hydrogen (secondary N) is 1. The molecule has 1 amide bonds. The highest BCUT2D eigenvalue weighted by Gasteiger charge is 2.11. The normalized spacial score (nSPS) is 10.3. The Hall–Kier alpha value is -1.52. The molecule has 0 radical (unpaired) electrons. The second-order valence-corrected chi connectivity index (χ2v) is 6.26. The molecule has 0 atom stereocenters. The summed E-state index contributed by atoms with van der Waals surface area (Å²) in [6, 6.07) is 10.9. The first kappa shape index (κ1) is 15.9. The van der Waals surface area contributed by atoms with Gasteiger partial charge in [-0.3, -0.25) is 4.79 Å². The Morgan fingerprint density at radius 2 is 1.90 bits per heavy atom. The van der Waals surface area contributed by atoms with Crippen LogP contribution in [-0.2, 0) is 0 Å². The van der Waals surface area contributed by atoms with Crippen molar-refractivity contribution < 1.29 is 4.79 Å². The van der Waals surface area contributed by atoms with Crippen LogP contribution in [0.15, 0.2) is 40.9 Å². The van der Waals surface area contributed by atoms with E-state index in [2.05, 4.69) is 21.2 Å². The molecule has 0 aliphatic carbocycles. The quantitative estimate of drug-likeness (QED) is 0.850. The maximum Gasteiger partial charge on any atom is 0.256 e. The van der Waals surface area contributed by atoms with Gasteiger partial charge in [0, 0.05) is 35.0 Å². The lowest BCUT2D eigenvalue weighted by Crippen LogP contribution is -2.14. The number of rotatable bonds is 3. The van der Waals surface area contributed by atoms with Crippen LogP contribution in [-0.4, -0.2) is 20.0 Å². The molecule has 110 valence electrons. The minimum atomic E-state index is -0.174. The second kappa shape index (κ2) is 6.50. The Bertz CT molecular complexity index is 686. The minimum absolute atomic E-state index is 0.174. The Balaban J connectivity index is 2.25. The van der Waals surface area contributed by atoms with Crippen molar-refractivity contribution in [1.29, 1.82) is 0 Å². The van der Waals surface area contributed by atoms with Crippen LogP contribution in [0.2, 0.25) is 5.02 Å². The first-order chi connectivity index (χ1) is 9.88. The zero-order valence-electron chi connectivity index (χ0n) is 12.1. The van der Waals surface area contributed by atoms with Gasteiger partial charge in [0.1, 0.15) is 0 Å². The van der Waals surface area contributed by atoms with Gasteiger partial charge in [-0.15, -0.1) is 0 Å². The van der Waals surface area contributed by atoms with E-state index in [4.69, 9.17) is 11.6 Å². The van der Waals surface area contributed by atoms with E-state index >= 15 is 0 Å². The van der Waals surface area contributed by atoms with Crippen molar-refractivity contribution in [3.8, 4) is 0 Å². The van der Waals surface area contributed by atoms with Crippen LogP contribution >= 0.6 is 27.5 Å². The molecule has 0 heterocycles. The van der Waals surface area contributed by atoms with E-state index in [1.54, 1.807) is 18.2 Å². The van der Waals surface area contributed by atoms with E-state index < -0.39 is 0 Å². The molecule has 0 saturated carbocycles. The number of aryl methyl sites for hydroxylation is 1. The van der Waals surface area contributed by atoms with E-state index in [1.807, 2.05) is 44.1 Å². The van der Waals surface area contributed by atoms with Crippen LogP contribution in [0.5, 0.6) is 0 Å². The van der Waals surface area contributed by atoms with Crippen LogP contribution in [0.1, 0.15) is 15.9 Å². The van der Waals surface area contributed by atoms with Crippen molar-refractivity contribution in [2.75, 3.05) is 24.3 Å². The molecule has 21 heavy (non-hydrogen) atoms. The number of benzene rings is 2. The molecular weight excluding hydrogens is 352 g/mol. The number of anilines is 2. The summed E-state index contributed by atoms with van der Waals surface area (Å²) in [5, 5.41) is 3.49. The van der Waals surface area contributed by atoms with Gasteiger partial charge in [0.25, 0.3) is 5.91 Å². The monoisotopic (exact) mass is 366 g/mol.